The third-order valence-electron chi connectivity index (χ3n) is 3.79. The molecule has 0 aliphatic rings. The van der Waals surface area contributed by atoms with Gasteiger partial charge in [-0.15, -0.1) is 0 Å². The van der Waals surface area contributed by atoms with Crippen molar-refractivity contribution in [1.29, 1.82) is 0 Å². The van der Waals surface area contributed by atoms with Crippen molar-refractivity contribution in [3.05, 3.63) is 65.5 Å². The molecule has 26 heavy (non-hydrogen) atoms. The minimum Gasteiger partial charge on any atom is -0.465 e. The molecule has 0 radical (unpaired) electrons. The van der Waals surface area contributed by atoms with Crippen molar-refractivity contribution in [2.45, 2.75) is 25.7 Å². The van der Waals surface area contributed by atoms with Crippen LogP contribution in [0.2, 0.25) is 0 Å². The normalized spacial score (nSPS) is 11.1. The van der Waals surface area contributed by atoms with Crippen LogP contribution in [0.25, 0.3) is 0 Å². The second kappa shape index (κ2) is 8.51. The standard InChI is InChI=1S/C19H19F2NO4/c1-3-25-17(23)19(18(24)26-4-2,16-10-9-15(21)12-22-16)11-13-5-7-14(20)8-6-13/h5-10,12H,3-4,11H2,1-2H3. The van der Waals surface area contributed by atoms with Gasteiger partial charge in [0.25, 0.3) is 0 Å². The van der Waals surface area contributed by atoms with E-state index < -0.39 is 29.0 Å². The predicted molar refractivity (Wildman–Crippen MR) is 89.2 cm³/mol. The van der Waals surface area contributed by atoms with E-state index in [4.69, 9.17) is 9.47 Å². The zero-order valence-electron chi connectivity index (χ0n) is 14.5. The summed E-state index contributed by atoms with van der Waals surface area (Å²) in [6.45, 7) is 3.27. The Bertz CT molecular complexity index is 742. The summed E-state index contributed by atoms with van der Waals surface area (Å²) in [6.07, 6.45) is 0.747. The molecular weight excluding hydrogens is 344 g/mol. The zero-order chi connectivity index (χ0) is 19.2. The van der Waals surface area contributed by atoms with Crippen LogP contribution in [-0.2, 0) is 30.9 Å². The molecule has 1 aromatic heterocycles. The number of pyridine rings is 1. The quantitative estimate of drug-likeness (QED) is 0.559. The SMILES string of the molecule is CCOC(=O)C(Cc1ccc(F)cc1)(C(=O)OCC)c1ccc(F)cn1. The molecule has 0 atom stereocenters. The minimum atomic E-state index is -1.92. The summed E-state index contributed by atoms with van der Waals surface area (Å²) in [7, 11) is 0. The summed E-state index contributed by atoms with van der Waals surface area (Å²) >= 11 is 0. The number of benzene rings is 1. The first-order valence-electron chi connectivity index (χ1n) is 8.15. The lowest BCUT2D eigenvalue weighted by Gasteiger charge is -2.28. The number of halogens is 2. The summed E-state index contributed by atoms with van der Waals surface area (Å²) in [5.74, 6) is -2.78. The van der Waals surface area contributed by atoms with Gasteiger partial charge in [-0.3, -0.25) is 14.6 Å². The van der Waals surface area contributed by atoms with E-state index in [0.717, 1.165) is 12.3 Å². The van der Waals surface area contributed by atoms with Gasteiger partial charge >= 0.3 is 11.9 Å². The Balaban J connectivity index is 2.61. The fourth-order valence-corrected chi connectivity index (χ4v) is 2.57. The van der Waals surface area contributed by atoms with Gasteiger partial charge < -0.3 is 9.47 Å². The molecule has 5 nitrogen and oxygen atoms in total. The molecular formula is C19H19F2NO4. The highest BCUT2D eigenvalue weighted by Gasteiger charge is 2.52. The van der Waals surface area contributed by atoms with Crippen molar-refractivity contribution < 1.29 is 27.8 Å². The van der Waals surface area contributed by atoms with Crippen LogP contribution in [0.5, 0.6) is 0 Å². The topological polar surface area (TPSA) is 65.5 Å². The third-order valence-corrected chi connectivity index (χ3v) is 3.79. The molecule has 0 spiro atoms. The van der Waals surface area contributed by atoms with Crippen molar-refractivity contribution in [2.75, 3.05) is 13.2 Å². The van der Waals surface area contributed by atoms with Gasteiger partial charge in [-0.1, -0.05) is 12.1 Å². The first-order valence-corrected chi connectivity index (χ1v) is 8.15. The molecule has 0 saturated carbocycles. The Morgan fingerprint density at radius 1 is 0.923 bits per heavy atom. The van der Waals surface area contributed by atoms with Crippen LogP contribution in [0.4, 0.5) is 8.78 Å². The molecule has 0 aliphatic carbocycles. The Morgan fingerprint density at radius 3 is 1.92 bits per heavy atom. The molecule has 7 heteroatoms. The maximum Gasteiger partial charge on any atom is 0.330 e. The third kappa shape index (κ3) is 4.04. The number of hydrogen-bond acceptors (Lipinski definition) is 5. The fraction of sp³-hybridized carbons (Fsp3) is 0.316. The van der Waals surface area contributed by atoms with E-state index in [0.29, 0.717) is 5.56 Å². The Kier molecular flexibility index (Phi) is 6.38. The zero-order valence-corrected chi connectivity index (χ0v) is 14.5. The van der Waals surface area contributed by atoms with Gasteiger partial charge in [0, 0.05) is 6.42 Å². The minimum absolute atomic E-state index is 0.000116. The van der Waals surface area contributed by atoms with Crippen LogP contribution < -0.4 is 0 Å². The smallest absolute Gasteiger partial charge is 0.330 e. The number of carbonyl (C=O) groups excluding carboxylic acids is 2. The van der Waals surface area contributed by atoms with Gasteiger partial charge in [0.05, 0.1) is 25.1 Å². The predicted octanol–water partition coefficient (Wildman–Crippen LogP) is 2.97. The van der Waals surface area contributed by atoms with Gasteiger partial charge in [-0.25, -0.2) is 8.78 Å². The van der Waals surface area contributed by atoms with Gasteiger partial charge in [0.1, 0.15) is 11.6 Å². The average Bonchev–Trinajstić information content (AvgIpc) is 2.62. The largest absolute Gasteiger partial charge is 0.465 e. The molecule has 0 unspecified atom stereocenters. The fourth-order valence-electron chi connectivity index (χ4n) is 2.57. The molecule has 1 aromatic carbocycles. The summed E-state index contributed by atoms with van der Waals surface area (Å²) < 4.78 is 36.7. The lowest BCUT2D eigenvalue weighted by Crippen LogP contribution is -2.48. The van der Waals surface area contributed by atoms with E-state index in [1.807, 2.05) is 0 Å². The Morgan fingerprint density at radius 2 is 1.46 bits per heavy atom. The van der Waals surface area contributed by atoms with E-state index in [2.05, 4.69) is 4.98 Å². The van der Waals surface area contributed by atoms with Crippen LogP contribution >= 0.6 is 0 Å². The second-order valence-corrected chi connectivity index (χ2v) is 5.51. The molecule has 0 bridgehead atoms. The van der Waals surface area contributed by atoms with Crippen molar-refractivity contribution in [3.63, 3.8) is 0 Å². The van der Waals surface area contributed by atoms with Crippen molar-refractivity contribution in [1.82, 2.24) is 4.98 Å². The maximum atomic E-state index is 13.3. The van der Waals surface area contributed by atoms with E-state index in [-0.39, 0.29) is 25.3 Å². The molecule has 2 aromatic rings. The molecule has 0 saturated heterocycles. The van der Waals surface area contributed by atoms with Gasteiger partial charge in [0.2, 0.25) is 5.41 Å². The Labute approximate surface area is 150 Å². The molecule has 138 valence electrons. The molecule has 0 aliphatic heterocycles. The number of esters is 2. The first kappa shape index (κ1) is 19.5. The molecule has 0 fully saturated rings. The van der Waals surface area contributed by atoms with Gasteiger partial charge in [-0.2, -0.15) is 0 Å². The summed E-state index contributed by atoms with van der Waals surface area (Å²) in [5, 5.41) is 0. The summed E-state index contributed by atoms with van der Waals surface area (Å²) in [5.41, 5.74) is -1.42. The van der Waals surface area contributed by atoms with E-state index >= 15 is 0 Å². The molecule has 0 amide bonds. The monoisotopic (exact) mass is 363 g/mol. The van der Waals surface area contributed by atoms with Gasteiger partial charge in [0.15, 0.2) is 0 Å². The second-order valence-electron chi connectivity index (χ2n) is 5.51. The van der Waals surface area contributed by atoms with E-state index in [1.165, 1.54) is 30.3 Å². The van der Waals surface area contributed by atoms with Crippen LogP contribution in [-0.4, -0.2) is 30.1 Å². The lowest BCUT2D eigenvalue weighted by atomic mass is 9.78. The number of rotatable bonds is 7. The highest BCUT2D eigenvalue weighted by molar-refractivity contribution is 6.06. The molecule has 1 heterocycles. The van der Waals surface area contributed by atoms with E-state index in [9.17, 15) is 18.4 Å². The van der Waals surface area contributed by atoms with Crippen molar-refractivity contribution in [2.24, 2.45) is 0 Å². The van der Waals surface area contributed by atoms with Crippen LogP contribution in [0.3, 0.4) is 0 Å². The average molecular weight is 363 g/mol. The van der Waals surface area contributed by atoms with Crippen molar-refractivity contribution in [3.8, 4) is 0 Å². The van der Waals surface area contributed by atoms with E-state index in [1.54, 1.807) is 13.8 Å². The lowest BCUT2D eigenvalue weighted by molar-refractivity contribution is -0.165. The number of hydrogen-bond donors (Lipinski definition) is 0. The first-order chi connectivity index (χ1) is 12.4. The highest BCUT2D eigenvalue weighted by atomic mass is 19.1. The molecule has 2 rings (SSSR count). The number of nitrogens with zero attached hydrogens (tertiary/aromatic N) is 1. The maximum absolute atomic E-state index is 13.3. The number of ether oxygens (including phenoxy) is 2. The number of carbonyl (C=O) groups is 2. The van der Waals surface area contributed by atoms with Crippen LogP contribution in [0.1, 0.15) is 25.1 Å². The molecule has 0 N–H and O–H groups in total. The highest BCUT2D eigenvalue weighted by Crippen LogP contribution is 2.31. The van der Waals surface area contributed by atoms with Crippen LogP contribution in [0.15, 0.2) is 42.6 Å². The van der Waals surface area contributed by atoms with Gasteiger partial charge in [-0.05, 0) is 43.7 Å². The van der Waals surface area contributed by atoms with Crippen molar-refractivity contribution >= 4 is 11.9 Å². The summed E-state index contributed by atoms with van der Waals surface area (Å²) in [6, 6.07) is 7.67. The van der Waals surface area contributed by atoms with Crippen LogP contribution in [0, 0.1) is 11.6 Å². The Hall–Kier alpha value is -2.83. The summed E-state index contributed by atoms with van der Waals surface area (Å²) in [4.78, 5) is 29.5. The number of aromatic nitrogens is 1.